The molecular formula is C9H9N3O4S2. The second kappa shape index (κ2) is 4.42. The van der Waals surface area contributed by atoms with E-state index < -0.39 is 21.7 Å². The fourth-order valence-corrected chi connectivity index (χ4v) is 3.46. The normalized spacial score (nSPS) is 11.4. The molecule has 96 valence electrons. The van der Waals surface area contributed by atoms with Gasteiger partial charge in [0.05, 0.1) is 11.4 Å². The highest BCUT2D eigenvalue weighted by molar-refractivity contribution is 7.92. The predicted molar refractivity (Wildman–Crippen MR) is 65.4 cm³/mol. The molecule has 0 saturated heterocycles. The standard InChI is InChI=1S/C9H9N3O4S2/c1-5-8(7(9(13)14)11-10-5)18(15,16)12-6-2-3-17-4-6/h2-4,12H,1H3,(H,10,11)(H,13,14). The third kappa shape index (κ3) is 2.22. The molecule has 0 aliphatic carbocycles. The topological polar surface area (TPSA) is 112 Å². The summed E-state index contributed by atoms with van der Waals surface area (Å²) < 4.78 is 26.4. The second-order valence-corrected chi connectivity index (χ2v) is 5.85. The number of rotatable bonds is 4. The number of carbonyl (C=O) groups is 1. The summed E-state index contributed by atoms with van der Waals surface area (Å²) in [4.78, 5) is 10.6. The van der Waals surface area contributed by atoms with Crippen molar-refractivity contribution in [2.75, 3.05) is 4.72 Å². The Labute approximate surface area is 107 Å². The third-order valence-corrected chi connectivity index (χ3v) is 4.36. The number of sulfonamides is 1. The number of anilines is 1. The van der Waals surface area contributed by atoms with Gasteiger partial charge in [-0.2, -0.15) is 16.4 Å². The maximum atomic E-state index is 12.1. The minimum Gasteiger partial charge on any atom is -0.476 e. The van der Waals surface area contributed by atoms with Gasteiger partial charge in [-0.15, -0.1) is 0 Å². The average molecular weight is 287 g/mol. The van der Waals surface area contributed by atoms with Crippen molar-refractivity contribution < 1.29 is 18.3 Å². The van der Waals surface area contributed by atoms with Gasteiger partial charge in [0, 0.05) is 5.38 Å². The zero-order valence-corrected chi connectivity index (χ0v) is 10.8. The number of hydrogen-bond donors (Lipinski definition) is 3. The van der Waals surface area contributed by atoms with Gasteiger partial charge in [0.2, 0.25) is 0 Å². The number of aromatic carboxylic acids is 1. The van der Waals surface area contributed by atoms with Gasteiger partial charge >= 0.3 is 5.97 Å². The first-order valence-electron chi connectivity index (χ1n) is 4.75. The van der Waals surface area contributed by atoms with E-state index in [0.29, 0.717) is 5.69 Å². The number of nitrogens with zero attached hydrogens (tertiary/aromatic N) is 1. The lowest BCUT2D eigenvalue weighted by Gasteiger charge is -2.05. The van der Waals surface area contributed by atoms with Gasteiger partial charge in [0.1, 0.15) is 4.90 Å². The first-order chi connectivity index (χ1) is 8.42. The van der Waals surface area contributed by atoms with E-state index in [9.17, 15) is 13.2 Å². The number of carboxylic acid groups (broad SMARTS) is 1. The Hall–Kier alpha value is -1.87. The van der Waals surface area contributed by atoms with Crippen molar-refractivity contribution in [1.29, 1.82) is 0 Å². The summed E-state index contributed by atoms with van der Waals surface area (Å²) in [5.74, 6) is -1.40. The van der Waals surface area contributed by atoms with Crippen molar-refractivity contribution in [3.8, 4) is 0 Å². The average Bonchev–Trinajstić information content (AvgIpc) is 2.86. The number of nitrogens with one attached hydrogen (secondary N) is 2. The van der Waals surface area contributed by atoms with Crippen LogP contribution in [0.3, 0.4) is 0 Å². The van der Waals surface area contributed by atoms with E-state index in [-0.39, 0.29) is 10.6 Å². The quantitative estimate of drug-likeness (QED) is 0.784. The molecule has 0 aromatic carbocycles. The van der Waals surface area contributed by atoms with E-state index in [1.165, 1.54) is 18.3 Å². The molecule has 0 radical (unpaired) electrons. The van der Waals surface area contributed by atoms with Crippen LogP contribution in [0.2, 0.25) is 0 Å². The number of aromatic nitrogens is 2. The lowest BCUT2D eigenvalue weighted by atomic mass is 10.4. The van der Waals surface area contributed by atoms with Crippen LogP contribution >= 0.6 is 11.3 Å². The molecule has 9 heteroatoms. The SMILES string of the molecule is Cc1[nH]nc(C(=O)O)c1S(=O)(=O)Nc1ccsc1. The molecule has 3 N–H and O–H groups in total. The van der Waals surface area contributed by atoms with Crippen LogP contribution in [0.4, 0.5) is 5.69 Å². The molecule has 0 amide bonds. The minimum absolute atomic E-state index is 0.176. The van der Waals surface area contributed by atoms with Gasteiger partial charge in [-0.25, -0.2) is 13.2 Å². The summed E-state index contributed by atoms with van der Waals surface area (Å²) >= 11 is 1.33. The summed E-state index contributed by atoms with van der Waals surface area (Å²) in [5.41, 5.74) is 0.0438. The van der Waals surface area contributed by atoms with Gasteiger partial charge in [-0.3, -0.25) is 9.82 Å². The first kappa shape index (κ1) is 12.6. The smallest absolute Gasteiger partial charge is 0.357 e. The summed E-state index contributed by atoms with van der Waals surface area (Å²) in [5, 5.41) is 18.0. The zero-order valence-electron chi connectivity index (χ0n) is 9.17. The van der Waals surface area contributed by atoms with Crippen molar-refractivity contribution in [2.45, 2.75) is 11.8 Å². The second-order valence-electron chi connectivity index (χ2n) is 3.45. The Morgan fingerprint density at radius 3 is 2.83 bits per heavy atom. The molecule has 0 fully saturated rings. The van der Waals surface area contributed by atoms with Crippen LogP contribution in [0, 0.1) is 6.92 Å². The van der Waals surface area contributed by atoms with Gasteiger partial charge < -0.3 is 5.11 Å². The highest BCUT2D eigenvalue weighted by Crippen LogP contribution is 2.22. The molecule has 18 heavy (non-hydrogen) atoms. The van der Waals surface area contributed by atoms with Crippen LogP contribution in [0.15, 0.2) is 21.7 Å². The minimum atomic E-state index is -3.96. The van der Waals surface area contributed by atoms with E-state index in [4.69, 9.17) is 5.11 Å². The van der Waals surface area contributed by atoms with Crippen LogP contribution in [-0.4, -0.2) is 29.7 Å². The highest BCUT2D eigenvalue weighted by Gasteiger charge is 2.28. The molecule has 2 rings (SSSR count). The van der Waals surface area contributed by atoms with Crippen molar-refractivity contribution in [1.82, 2.24) is 10.2 Å². The predicted octanol–water partition coefficient (Wildman–Crippen LogP) is 1.28. The lowest BCUT2D eigenvalue weighted by Crippen LogP contribution is -2.16. The van der Waals surface area contributed by atoms with E-state index in [0.717, 1.165) is 0 Å². The Morgan fingerprint density at radius 2 is 2.28 bits per heavy atom. The summed E-state index contributed by atoms with van der Waals surface area (Å²) in [6, 6.07) is 1.58. The zero-order chi connectivity index (χ0) is 13.3. The number of thiophene rings is 1. The Kier molecular flexibility index (Phi) is 3.09. The molecule has 0 spiro atoms. The fraction of sp³-hybridized carbons (Fsp3) is 0.111. The molecule has 0 saturated carbocycles. The molecule has 7 nitrogen and oxygen atoms in total. The van der Waals surface area contributed by atoms with Crippen LogP contribution < -0.4 is 4.72 Å². The summed E-state index contributed by atoms with van der Waals surface area (Å²) in [7, 11) is -3.96. The monoisotopic (exact) mass is 287 g/mol. The maximum absolute atomic E-state index is 12.1. The summed E-state index contributed by atoms with van der Waals surface area (Å²) in [6.45, 7) is 1.45. The Morgan fingerprint density at radius 1 is 1.56 bits per heavy atom. The van der Waals surface area contributed by atoms with E-state index in [1.807, 2.05) is 0 Å². The third-order valence-electron chi connectivity index (χ3n) is 2.14. The van der Waals surface area contributed by atoms with E-state index >= 15 is 0 Å². The van der Waals surface area contributed by atoms with Crippen molar-refractivity contribution in [3.05, 3.63) is 28.2 Å². The molecule has 0 bridgehead atoms. The van der Waals surface area contributed by atoms with E-state index in [1.54, 1.807) is 16.8 Å². The molecule has 0 atom stereocenters. The van der Waals surface area contributed by atoms with Gasteiger partial charge in [-0.05, 0) is 18.4 Å². The highest BCUT2D eigenvalue weighted by atomic mass is 32.2. The van der Waals surface area contributed by atoms with Crippen molar-refractivity contribution >= 4 is 33.0 Å². The van der Waals surface area contributed by atoms with Crippen LogP contribution in [0.25, 0.3) is 0 Å². The first-order valence-corrected chi connectivity index (χ1v) is 7.17. The molecule has 2 aromatic heterocycles. The number of aromatic amines is 1. The lowest BCUT2D eigenvalue weighted by molar-refractivity contribution is 0.0686. The van der Waals surface area contributed by atoms with Gasteiger partial charge in [0.25, 0.3) is 10.0 Å². The van der Waals surface area contributed by atoms with Crippen molar-refractivity contribution in [2.24, 2.45) is 0 Å². The molecule has 2 heterocycles. The van der Waals surface area contributed by atoms with Gasteiger partial charge in [-0.1, -0.05) is 0 Å². The number of aryl methyl sites for hydroxylation is 1. The van der Waals surface area contributed by atoms with Crippen LogP contribution in [0.5, 0.6) is 0 Å². The molecule has 0 aliphatic rings. The molecule has 2 aromatic rings. The van der Waals surface area contributed by atoms with Crippen molar-refractivity contribution in [3.63, 3.8) is 0 Å². The van der Waals surface area contributed by atoms with E-state index in [2.05, 4.69) is 14.9 Å². The van der Waals surface area contributed by atoms with Crippen LogP contribution in [0.1, 0.15) is 16.2 Å². The molecule has 0 aliphatic heterocycles. The fourth-order valence-electron chi connectivity index (χ4n) is 1.42. The summed E-state index contributed by atoms with van der Waals surface area (Å²) in [6.07, 6.45) is 0. The Bertz CT molecular complexity index is 673. The number of H-pyrrole nitrogens is 1. The number of carboxylic acids is 1. The van der Waals surface area contributed by atoms with Crippen LogP contribution in [-0.2, 0) is 10.0 Å². The number of hydrogen-bond acceptors (Lipinski definition) is 5. The van der Waals surface area contributed by atoms with Gasteiger partial charge in [0.15, 0.2) is 5.69 Å². The Balaban J connectivity index is 2.47. The molecular weight excluding hydrogens is 278 g/mol. The molecule has 0 unspecified atom stereocenters. The maximum Gasteiger partial charge on any atom is 0.357 e. The largest absolute Gasteiger partial charge is 0.476 e.